The molecule has 0 aromatic rings. The van der Waals surface area contributed by atoms with Crippen molar-refractivity contribution < 1.29 is 9.00 Å². The van der Waals surface area contributed by atoms with E-state index in [1.807, 2.05) is 13.8 Å². The largest absolute Gasteiger partial charge is 0.272 e. The van der Waals surface area contributed by atoms with Crippen LogP contribution in [0.15, 0.2) is 0 Å². The maximum atomic E-state index is 12.3. The molecule has 0 spiro atoms. The summed E-state index contributed by atoms with van der Waals surface area (Å²) in [6.07, 6.45) is 1.30. The fourth-order valence-electron chi connectivity index (χ4n) is 2.12. The van der Waals surface area contributed by atoms with E-state index in [0.29, 0.717) is 27.6 Å². The Labute approximate surface area is 112 Å². The van der Waals surface area contributed by atoms with Gasteiger partial charge in [0.15, 0.2) is 4.90 Å². The minimum Gasteiger partial charge on any atom is -0.272 e. The summed E-state index contributed by atoms with van der Waals surface area (Å²) in [5, 5.41) is 0. The van der Waals surface area contributed by atoms with Gasteiger partial charge in [-0.3, -0.25) is 9.10 Å². The number of rotatable bonds is 4. The highest BCUT2D eigenvalue weighted by molar-refractivity contribution is 8.07. The third kappa shape index (κ3) is 1.58. The lowest BCUT2D eigenvalue weighted by Crippen LogP contribution is -2.46. The molecule has 1 amide bonds. The lowest BCUT2D eigenvalue weighted by Gasteiger charge is -2.33. The van der Waals surface area contributed by atoms with Crippen molar-refractivity contribution in [1.82, 2.24) is 4.31 Å². The van der Waals surface area contributed by atoms with Crippen LogP contribution in [0.1, 0.15) is 26.7 Å². The van der Waals surface area contributed by atoms with E-state index in [1.165, 1.54) is 4.31 Å². The Bertz CT molecular complexity index is 362. The van der Waals surface area contributed by atoms with Crippen molar-refractivity contribution in [2.24, 2.45) is 0 Å². The minimum absolute atomic E-state index is 0.164. The lowest BCUT2D eigenvalue weighted by atomic mass is 9.96. The second kappa shape index (κ2) is 5.11. The summed E-state index contributed by atoms with van der Waals surface area (Å²) in [7, 11) is 1.26. The molecule has 1 unspecified atom stereocenters. The first kappa shape index (κ1) is 14.7. The zero-order valence-electron chi connectivity index (χ0n) is 9.30. The zero-order valence-corrected chi connectivity index (χ0v) is 13.5. The number of hydrogen-bond acceptors (Lipinski definition) is 4. The number of amides is 1. The lowest BCUT2D eigenvalue weighted by molar-refractivity contribution is -0.125. The molecule has 0 aromatic carbocycles. The van der Waals surface area contributed by atoms with Crippen molar-refractivity contribution >= 4 is 55.2 Å². The molecule has 1 aliphatic heterocycles. The van der Waals surface area contributed by atoms with Crippen molar-refractivity contribution in [1.29, 1.82) is 0 Å². The molecule has 0 aromatic heterocycles. The van der Waals surface area contributed by atoms with Crippen LogP contribution < -0.4 is 0 Å². The number of carbonyl (C=O) groups excluding carboxylic acids is 1. The molecule has 0 radical (unpaired) electrons. The van der Waals surface area contributed by atoms with E-state index in [4.69, 9.17) is 23.6 Å². The van der Waals surface area contributed by atoms with Gasteiger partial charge in [-0.05, 0) is 12.8 Å². The van der Waals surface area contributed by atoms with Crippen LogP contribution in [0.5, 0.6) is 0 Å². The minimum atomic E-state index is -1.33. The van der Waals surface area contributed by atoms with Crippen molar-refractivity contribution in [3.63, 3.8) is 0 Å². The van der Waals surface area contributed by atoms with Gasteiger partial charge >= 0.3 is 0 Å². The molecule has 1 fully saturated rings. The predicted octanol–water partition coefficient (Wildman–Crippen LogP) is 2.19. The first-order valence-corrected chi connectivity index (χ1v) is 9.78. The maximum absolute atomic E-state index is 12.3. The van der Waals surface area contributed by atoms with Gasteiger partial charge in [0.1, 0.15) is 11.0 Å². The summed E-state index contributed by atoms with van der Waals surface area (Å²) in [6.45, 7) is 3.90. The van der Waals surface area contributed by atoms with Crippen LogP contribution in [0.25, 0.3) is 0 Å². The quantitative estimate of drug-likeness (QED) is 0.746. The molecule has 1 atom stereocenters. The summed E-state index contributed by atoms with van der Waals surface area (Å²) < 4.78 is 13.1. The first-order chi connectivity index (χ1) is 7.47. The van der Waals surface area contributed by atoms with Gasteiger partial charge in [-0.1, -0.05) is 37.5 Å². The van der Waals surface area contributed by atoms with Crippen molar-refractivity contribution in [2.45, 2.75) is 36.3 Å². The topological polar surface area (TPSA) is 37.4 Å². The molecule has 0 N–H and O–H groups in total. The summed E-state index contributed by atoms with van der Waals surface area (Å²) in [5.41, 5.74) is 0. The van der Waals surface area contributed by atoms with E-state index in [9.17, 15) is 9.00 Å². The molecule has 0 saturated carbocycles. The third-order valence-corrected chi connectivity index (χ3v) is 10.5. The molecule has 1 aliphatic rings. The normalized spacial score (nSPS) is 33.8. The van der Waals surface area contributed by atoms with Crippen LogP contribution in [0.4, 0.5) is 0 Å². The van der Waals surface area contributed by atoms with E-state index in [2.05, 4.69) is 0 Å². The van der Waals surface area contributed by atoms with Crippen LogP contribution >= 0.6 is 14.7 Å². The van der Waals surface area contributed by atoms with Crippen LogP contribution in [-0.4, -0.2) is 31.1 Å². The molecule has 0 aliphatic carbocycles. The van der Waals surface area contributed by atoms with Gasteiger partial charge in [-0.25, -0.2) is 4.21 Å². The van der Waals surface area contributed by atoms with Gasteiger partial charge in [0.05, 0.1) is 4.75 Å². The Morgan fingerprint density at radius 2 is 1.75 bits per heavy atom. The van der Waals surface area contributed by atoms with Crippen LogP contribution in [0, 0.1) is 0 Å². The van der Waals surface area contributed by atoms with E-state index in [1.54, 1.807) is 7.05 Å². The molecule has 8 heteroatoms. The second-order valence-corrected chi connectivity index (χ2v) is 8.59. The maximum Gasteiger partial charge on any atom is 0.260 e. The standard InChI is InChI=1S/C8H13NO2P2S3/c1-4-7(5-2)8(12-14,13-15)6(10)9(3)16(7)11/h4-5H2,1-3H3. The van der Waals surface area contributed by atoms with Crippen molar-refractivity contribution in [3.05, 3.63) is 0 Å². The summed E-state index contributed by atoms with van der Waals surface area (Å²) in [6, 6.07) is 0. The fraction of sp³-hybridized carbons (Fsp3) is 0.875. The molecular formula is C8H13NO2P2S3. The summed E-state index contributed by atoms with van der Waals surface area (Å²) >= 11 is 10.2. The van der Waals surface area contributed by atoms with Crippen LogP contribution in [-0.2, 0) is 39.4 Å². The predicted molar refractivity (Wildman–Crippen MR) is 75.5 cm³/mol. The van der Waals surface area contributed by atoms with Gasteiger partial charge in [-0.15, -0.1) is 0 Å². The highest BCUT2D eigenvalue weighted by atomic mass is 32.4. The van der Waals surface area contributed by atoms with Crippen LogP contribution in [0.2, 0.25) is 0 Å². The van der Waals surface area contributed by atoms with Gasteiger partial charge in [0, 0.05) is 21.8 Å². The Hall–Kier alpha value is 0.660. The molecule has 1 rings (SSSR count). The number of nitrogens with zero attached hydrogens (tertiary/aromatic N) is 1. The first-order valence-electron chi connectivity index (χ1n) is 4.86. The van der Waals surface area contributed by atoms with E-state index in [-0.39, 0.29) is 5.91 Å². The average molecular weight is 313 g/mol. The zero-order chi connectivity index (χ0) is 12.6. The Morgan fingerprint density at radius 1 is 1.31 bits per heavy atom. The fourth-order valence-corrected chi connectivity index (χ4v) is 9.26. The molecule has 1 heterocycles. The van der Waals surface area contributed by atoms with Gasteiger partial charge < -0.3 is 0 Å². The molecule has 0 bridgehead atoms. The molecule has 3 nitrogen and oxygen atoms in total. The van der Waals surface area contributed by atoms with Gasteiger partial charge in [-0.2, -0.15) is 0 Å². The van der Waals surface area contributed by atoms with Crippen LogP contribution in [0.3, 0.4) is 0 Å². The van der Waals surface area contributed by atoms with Crippen molar-refractivity contribution in [2.75, 3.05) is 7.05 Å². The van der Waals surface area contributed by atoms with E-state index in [0.717, 1.165) is 0 Å². The number of hydrogen-bond donors (Lipinski definition) is 0. The molecule has 90 valence electrons. The monoisotopic (exact) mass is 313 g/mol. The summed E-state index contributed by atoms with van der Waals surface area (Å²) in [4.78, 5) is 11.4. The molecule has 16 heavy (non-hydrogen) atoms. The van der Waals surface area contributed by atoms with Gasteiger partial charge in [0.2, 0.25) is 0 Å². The molecule has 1 saturated heterocycles. The Morgan fingerprint density at radius 3 is 2.00 bits per heavy atom. The van der Waals surface area contributed by atoms with E-state index >= 15 is 0 Å². The number of carbonyl (C=O) groups is 1. The smallest absolute Gasteiger partial charge is 0.260 e. The third-order valence-electron chi connectivity index (χ3n) is 3.21. The summed E-state index contributed by atoms with van der Waals surface area (Å²) in [5.74, 6) is -0.164. The molecular weight excluding hydrogens is 300 g/mol. The van der Waals surface area contributed by atoms with E-state index < -0.39 is 20.6 Å². The van der Waals surface area contributed by atoms with Gasteiger partial charge in [0.25, 0.3) is 5.91 Å². The Kier molecular flexibility index (Phi) is 4.70. The SMILES string of the molecule is CCC1(CC)S(=O)N(C)C(=O)C1(P=S)P=S. The second-order valence-electron chi connectivity index (χ2n) is 3.61. The highest BCUT2D eigenvalue weighted by Gasteiger charge is 2.65. The highest BCUT2D eigenvalue weighted by Crippen LogP contribution is 2.56. The Balaban J connectivity index is 3.54. The van der Waals surface area contributed by atoms with Crippen molar-refractivity contribution in [3.8, 4) is 0 Å². The average Bonchev–Trinajstić information content (AvgIpc) is 2.48.